The second kappa shape index (κ2) is 7.90. The van der Waals surface area contributed by atoms with Crippen LogP contribution in [-0.2, 0) is 16.1 Å². The summed E-state index contributed by atoms with van der Waals surface area (Å²) in [6.45, 7) is 2.42. The molecule has 1 atom stereocenters. The zero-order valence-electron chi connectivity index (χ0n) is 13.1. The van der Waals surface area contributed by atoms with E-state index in [1.54, 1.807) is 11.3 Å². The second-order valence-corrected chi connectivity index (χ2v) is 7.21. The van der Waals surface area contributed by atoms with E-state index in [0.717, 1.165) is 38.8 Å². The molecule has 1 saturated carbocycles. The number of imide groups is 1. The molecule has 0 spiro atoms. The average Bonchev–Trinajstić information content (AvgIpc) is 2.97. The Bertz CT molecular complexity index is 525. The summed E-state index contributed by atoms with van der Waals surface area (Å²) in [7, 11) is 0. The lowest BCUT2D eigenvalue weighted by Gasteiger charge is -2.24. The molecule has 3 amide bonds. The first-order valence-corrected chi connectivity index (χ1v) is 9.03. The predicted octanol–water partition coefficient (Wildman–Crippen LogP) is 1.72. The van der Waals surface area contributed by atoms with Gasteiger partial charge in [-0.1, -0.05) is 6.07 Å². The molecule has 126 valence electrons. The van der Waals surface area contributed by atoms with Gasteiger partial charge in [-0.25, -0.2) is 4.79 Å². The Balaban J connectivity index is 1.50. The molecule has 6 nitrogen and oxygen atoms in total. The van der Waals surface area contributed by atoms with Crippen LogP contribution >= 0.6 is 11.3 Å². The Labute approximate surface area is 140 Å². The third-order valence-electron chi connectivity index (χ3n) is 3.98. The smallest absolute Gasteiger partial charge is 0.321 e. The standard InChI is InChI=1S/C16H23N3O3S/c20-15(18-16(21)17-12-5-6-12)11-19(9-13-3-1-7-22-13)10-14-4-2-8-23-14/h2,4,8,12-13H,1,3,5-7,9-11H2,(H2,17,18,20,21)/t13-/m1/s1. The minimum absolute atomic E-state index is 0.183. The molecule has 7 heteroatoms. The Hall–Kier alpha value is -1.44. The number of carbonyl (C=O) groups excluding carboxylic acids is 2. The number of amides is 3. The minimum Gasteiger partial charge on any atom is -0.377 e. The maximum Gasteiger partial charge on any atom is 0.321 e. The van der Waals surface area contributed by atoms with E-state index >= 15 is 0 Å². The number of carbonyl (C=O) groups is 2. The van der Waals surface area contributed by atoms with E-state index in [4.69, 9.17) is 4.74 Å². The van der Waals surface area contributed by atoms with Crippen LogP contribution < -0.4 is 10.6 Å². The molecule has 1 aromatic rings. The molecule has 2 fully saturated rings. The fourth-order valence-electron chi connectivity index (χ4n) is 2.70. The summed E-state index contributed by atoms with van der Waals surface area (Å²) in [4.78, 5) is 27.0. The van der Waals surface area contributed by atoms with E-state index in [1.165, 1.54) is 4.88 Å². The van der Waals surface area contributed by atoms with Crippen LogP contribution in [0, 0.1) is 0 Å². The van der Waals surface area contributed by atoms with Gasteiger partial charge in [-0.05, 0) is 37.1 Å². The molecule has 1 saturated heterocycles. The van der Waals surface area contributed by atoms with Gasteiger partial charge in [0.1, 0.15) is 0 Å². The SMILES string of the molecule is O=C(CN(Cc1cccs1)C[C@H]1CCCO1)NC(=O)NC1CC1. The van der Waals surface area contributed by atoms with Gasteiger partial charge in [-0.3, -0.25) is 15.0 Å². The monoisotopic (exact) mass is 337 g/mol. The van der Waals surface area contributed by atoms with Gasteiger partial charge in [0.15, 0.2) is 0 Å². The van der Waals surface area contributed by atoms with Crippen molar-refractivity contribution in [2.24, 2.45) is 0 Å². The van der Waals surface area contributed by atoms with Gasteiger partial charge in [0.2, 0.25) is 5.91 Å². The van der Waals surface area contributed by atoms with Crippen molar-refractivity contribution >= 4 is 23.3 Å². The minimum atomic E-state index is -0.384. The largest absolute Gasteiger partial charge is 0.377 e. The van der Waals surface area contributed by atoms with Crippen LogP contribution in [0.5, 0.6) is 0 Å². The topological polar surface area (TPSA) is 70.7 Å². The fourth-order valence-corrected chi connectivity index (χ4v) is 3.45. The van der Waals surface area contributed by atoms with Crippen molar-refractivity contribution in [1.82, 2.24) is 15.5 Å². The Morgan fingerprint density at radius 3 is 2.87 bits per heavy atom. The highest BCUT2D eigenvalue weighted by molar-refractivity contribution is 7.09. The third kappa shape index (κ3) is 5.60. The van der Waals surface area contributed by atoms with Gasteiger partial charge in [0.25, 0.3) is 0 Å². The van der Waals surface area contributed by atoms with Crippen LogP contribution in [0.1, 0.15) is 30.6 Å². The van der Waals surface area contributed by atoms with Gasteiger partial charge in [-0.2, -0.15) is 0 Å². The number of ether oxygens (including phenoxy) is 1. The first-order chi connectivity index (χ1) is 11.2. The van der Waals surface area contributed by atoms with Gasteiger partial charge in [-0.15, -0.1) is 11.3 Å². The maximum atomic E-state index is 12.1. The van der Waals surface area contributed by atoms with Crippen molar-refractivity contribution in [2.75, 3.05) is 19.7 Å². The summed E-state index contributed by atoms with van der Waals surface area (Å²) >= 11 is 1.67. The van der Waals surface area contributed by atoms with Crippen LogP contribution in [0.4, 0.5) is 4.79 Å². The number of nitrogens with zero attached hydrogens (tertiary/aromatic N) is 1. The normalized spacial score (nSPS) is 20.7. The highest BCUT2D eigenvalue weighted by Gasteiger charge is 2.25. The van der Waals surface area contributed by atoms with Crippen LogP contribution in [-0.4, -0.2) is 48.7 Å². The molecule has 2 N–H and O–H groups in total. The molecule has 0 unspecified atom stereocenters. The first kappa shape index (κ1) is 16.4. The zero-order chi connectivity index (χ0) is 16.1. The molecule has 3 rings (SSSR count). The molecular weight excluding hydrogens is 314 g/mol. The molecule has 2 heterocycles. The fraction of sp³-hybridized carbons (Fsp3) is 0.625. The third-order valence-corrected chi connectivity index (χ3v) is 4.84. The van der Waals surface area contributed by atoms with Crippen LogP contribution in [0.25, 0.3) is 0 Å². The molecule has 0 aromatic carbocycles. The summed E-state index contributed by atoms with van der Waals surface area (Å²) in [5.74, 6) is -0.266. The lowest BCUT2D eigenvalue weighted by atomic mass is 10.2. The molecule has 1 aliphatic heterocycles. The summed E-state index contributed by atoms with van der Waals surface area (Å²) < 4.78 is 5.68. The summed E-state index contributed by atoms with van der Waals surface area (Å²) in [6, 6.07) is 3.93. The van der Waals surface area contributed by atoms with Gasteiger partial charge >= 0.3 is 6.03 Å². The van der Waals surface area contributed by atoms with Crippen molar-refractivity contribution in [3.8, 4) is 0 Å². The molecule has 2 aliphatic rings. The molecule has 0 bridgehead atoms. The summed E-state index contributed by atoms with van der Waals surface area (Å²) in [5.41, 5.74) is 0. The van der Waals surface area contributed by atoms with E-state index in [-0.39, 0.29) is 30.6 Å². The van der Waals surface area contributed by atoms with E-state index in [1.807, 2.05) is 11.4 Å². The number of rotatable bonds is 7. The van der Waals surface area contributed by atoms with Gasteiger partial charge in [0, 0.05) is 30.6 Å². The number of nitrogens with one attached hydrogen (secondary N) is 2. The quantitative estimate of drug-likeness (QED) is 0.795. The lowest BCUT2D eigenvalue weighted by molar-refractivity contribution is -0.121. The van der Waals surface area contributed by atoms with Crippen molar-refractivity contribution in [2.45, 2.75) is 44.4 Å². The molecule has 0 radical (unpaired) electrons. The van der Waals surface area contributed by atoms with Gasteiger partial charge < -0.3 is 10.1 Å². The molecule has 1 aliphatic carbocycles. The molecule has 1 aromatic heterocycles. The maximum absolute atomic E-state index is 12.1. The number of hydrogen-bond acceptors (Lipinski definition) is 5. The van der Waals surface area contributed by atoms with Gasteiger partial charge in [0.05, 0.1) is 12.6 Å². The second-order valence-electron chi connectivity index (χ2n) is 6.18. The van der Waals surface area contributed by atoms with Crippen molar-refractivity contribution in [1.29, 1.82) is 0 Å². The van der Waals surface area contributed by atoms with E-state index in [2.05, 4.69) is 21.6 Å². The number of thiophene rings is 1. The van der Waals surface area contributed by atoms with Crippen molar-refractivity contribution in [3.05, 3.63) is 22.4 Å². The van der Waals surface area contributed by atoms with Crippen molar-refractivity contribution in [3.63, 3.8) is 0 Å². The number of urea groups is 1. The summed E-state index contributed by atoms with van der Waals surface area (Å²) in [6.07, 6.45) is 4.30. The zero-order valence-corrected chi connectivity index (χ0v) is 13.9. The van der Waals surface area contributed by atoms with E-state index < -0.39 is 0 Å². The highest BCUT2D eigenvalue weighted by Crippen LogP contribution is 2.18. The van der Waals surface area contributed by atoms with Crippen LogP contribution in [0.15, 0.2) is 17.5 Å². The average molecular weight is 337 g/mol. The Morgan fingerprint density at radius 1 is 1.35 bits per heavy atom. The number of hydrogen-bond donors (Lipinski definition) is 2. The van der Waals surface area contributed by atoms with E-state index in [9.17, 15) is 9.59 Å². The van der Waals surface area contributed by atoms with E-state index in [0.29, 0.717) is 6.54 Å². The molecular formula is C16H23N3O3S. The van der Waals surface area contributed by atoms with Crippen LogP contribution in [0.3, 0.4) is 0 Å². The lowest BCUT2D eigenvalue weighted by Crippen LogP contribution is -2.46. The van der Waals surface area contributed by atoms with Crippen molar-refractivity contribution < 1.29 is 14.3 Å². The molecule has 23 heavy (non-hydrogen) atoms. The Morgan fingerprint density at radius 2 is 2.22 bits per heavy atom. The predicted molar refractivity (Wildman–Crippen MR) is 88.3 cm³/mol. The summed E-state index contributed by atoms with van der Waals surface area (Å²) in [5, 5.41) is 7.21. The first-order valence-electron chi connectivity index (χ1n) is 8.16. The Kier molecular flexibility index (Phi) is 5.64. The van der Waals surface area contributed by atoms with Crippen LogP contribution in [0.2, 0.25) is 0 Å². The highest BCUT2D eigenvalue weighted by atomic mass is 32.1.